The predicted molar refractivity (Wildman–Crippen MR) is 62.2 cm³/mol. The summed E-state index contributed by atoms with van der Waals surface area (Å²) in [5, 5.41) is 0. The second-order valence-corrected chi connectivity index (χ2v) is 6.41. The number of rotatable bonds is 5. The van der Waals surface area contributed by atoms with Gasteiger partial charge in [0, 0.05) is 0 Å². The summed E-state index contributed by atoms with van der Waals surface area (Å²) in [5.74, 6) is 4.14. The fourth-order valence-electron chi connectivity index (χ4n) is 3.41. The maximum Gasteiger partial charge on any atom is -0.0235 e. The molecule has 4 atom stereocenters. The molecule has 0 aromatic carbocycles. The molecule has 2 fully saturated rings. The van der Waals surface area contributed by atoms with Crippen LogP contribution in [0.15, 0.2) is 0 Å². The molecular weight excluding hydrogens is 168 g/mol. The average molecular weight is 194 g/mol. The van der Waals surface area contributed by atoms with Gasteiger partial charge >= 0.3 is 0 Å². The van der Waals surface area contributed by atoms with Crippen molar-refractivity contribution < 1.29 is 0 Å². The molecule has 0 nitrogen and oxygen atoms in total. The summed E-state index contributed by atoms with van der Waals surface area (Å²) >= 11 is 0. The lowest BCUT2D eigenvalue weighted by molar-refractivity contribution is 0.435. The molecule has 82 valence electrons. The Kier molecular flexibility index (Phi) is 2.66. The molecule has 0 amide bonds. The predicted octanol–water partition coefficient (Wildman–Crippen LogP) is 4.49. The van der Waals surface area contributed by atoms with Crippen molar-refractivity contribution in [3.63, 3.8) is 0 Å². The molecule has 1 spiro atoms. The molecule has 0 N–H and O–H groups in total. The van der Waals surface area contributed by atoms with Gasteiger partial charge in [0.25, 0.3) is 0 Å². The van der Waals surface area contributed by atoms with Crippen LogP contribution in [0.25, 0.3) is 0 Å². The maximum atomic E-state index is 2.42. The van der Waals surface area contributed by atoms with E-state index in [2.05, 4.69) is 27.7 Å². The Bertz CT molecular complexity index is 206. The van der Waals surface area contributed by atoms with Gasteiger partial charge in [-0.15, -0.1) is 0 Å². The highest BCUT2D eigenvalue weighted by molar-refractivity contribution is 5.18. The van der Waals surface area contributed by atoms with E-state index in [1.807, 2.05) is 0 Å². The van der Waals surface area contributed by atoms with Gasteiger partial charge in [-0.05, 0) is 54.8 Å². The van der Waals surface area contributed by atoms with Crippen LogP contribution in [0.3, 0.4) is 0 Å². The first-order valence-electron chi connectivity index (χ1n) is 6.58. The largest absolute Gasteiger partial charge is 0.0651 e. The third kappa shape index (κ3) is 1.85. The lowest BCUT2D eigenvalue weighted by atomic mass is 9.98. The molecule has 0 bridgehead atoms. The smallest absolute Gasteiger partial charge is 0.0235 e. The van der Waals surface area contributed by atoms with E-state index in [-0.39, 0.29) is 0 Å². The van der Waals surface area contributed by atoms with Crippen LogP contribution in [-0.4, -0.2) is 0 Å². The van der Waals surface area contributed by atoms with Crippen molar-refractivity contribution in [3.8, 4) is 0 Å². The molecule has 2 aliphatic carbocycles. The molecule has 2 saturated carbocycles. The number of hydrogen-bond donors (Lipinski definition) is 0. The Morgan fingerprint density at radius 2 is 1.64 bits per heavy atom. The Morgan fingerprint density at radius 1 is 1.07 bits per heavy atom. The zero-order valence-corrected chi connectivity index (χ0v) is 10.3. The maximum absolute atomic E-state index is 2.42. The van der Waals surface area contributed by atoms with Crippen LogP contribution in [0.4, 0.5) is 0 Å². The van der Waals surface area contributed by atoms with Crippen molar-refractivity contribution in [1.29, 1.82) is 0 Å². The Hall–Kier alpha value is 0. The fourth-order valence-corrected chi connectivity index (χ4v) is 3.41. The first-order chi connectivity index (χ1) is 6.58. The van der Waals surface area contributed by atoms with Gasteiger partial charge in [0.1, 0.15) is 0 Å². The first kappa shape index (κ1) is 10.5. The quantitative estimate of drug-likeness (QED) is 0.604. The van der Waals surface area contributed by atoms with E-state index < -0.39 is 0 Å². The van der Waals surface area contributed by atoms with Crippen molar-refractivity contribution in [1.82, 2.24) is 0 Å². The van der Waals surface area contributed by atoms with Crippen LogP contribution in [0.1, 0.15) is 59.8 Å². The molecule has 0 heteroatoms. The topological polar surface area (TPSA) is 0 Å². The van der Waals surface area contributed by atoms with Crippen molar-refractivity contribution in [3.05, 3.63) is 0 Å². The Labute approximate surface area is 89.5 Å². The SMILES string of the molecule is CCC(C)CC1CC12CC2CC(C)C. The summed E-state index contributed by atoms with van der Waals surface area (Å²) in [6.07, 6.45) is 7.55. The molecule has 4 unspecified atom stereocenters. The minimum atomic E-state index is 0.897. The van der Waals surface area contributed by atoms with Crippen molar-refractivity contribution >= 4 is 0 Å². The third-order valence-electron chi connectivity index (χ3n) is 4.70. The lowest BCUT2D eigenvalue weighted by Gasteiger charge is -2.07. The summed E-state index contributed by atoms with van der Waals surface area (Å²) in [5.41, 5.74) is 0.897. The second kappa shape index (κ2) is 3.54. The van der Waals surface area contributed by atoms with Crippen LogP contribution in [-0.2, 0) is 0 Å². The normalized spacial score (nSPS) is 41.8. The van der Waals surface area contributed by atoms with Gasteiger partial charge in [-0.2, -0.15) is 0 Å². The molecule has 2 rings (SSSR count). The van der Waals surface area contributed by atoms with E-state index in [0.29, 0.717) is 0 Å². The fraction of sp³-hybridized carbons (Fsp3) is 1.00. The van der Waals surface area contributed by atoms with Crippen molar-refractivity contribution in [2.75, 3.05) is 0 Å². The highest BCUT2D eigenvalue weighted by atomic mass is 14.7. The molecule has 0 aromatic heterocycles. The standard InChI is InChI=1S/C14H26/c1-5-11(4)7-13-9-14(13)8-12(14)6-10(2)3/h10-13H,5-9H2,1-4H3. The van der Waals surface area contributed by atoms with Gasteiger partial charge in [-0.3, -0.25) is 0 Å². The monoisotopic (exact) mass is 194 g/mol. The molecule has 0 saturated heterocycles. The molecule has 2 aliphatic rings. The van der Waals surface area contributed by atoms with Gasteiger partial charge in [0.05, 0.1) is 0 Å². The molecule has 0 aliphatic heterocycles. The van der Waals surface area contributed by atoms with E-state index in [0.717, 1.165) is 29.1 Å². The summed E-state index contributed by atoms with van der Waals surface area (Å²) in [6, 6.07) is 0. The van der Waals surface area contributed by atoms with Crippen LogP contribution >= 0.6 is 0 Å². The Balaban J connectivity index is 1.72. The van der Waals surface area contributed by atoms with E-state index >= 15 is 0 Å². The summed E-state index contributed by atoms with van der Waals surface area (Å²) in [6.45, 7) is 9.50. The summed E-state index contributed by atoms with van der Waals surface area (Å²) < 4.78 is 0. The average Bonchev–Trinajstić information content (AvgIpc) is 2.94. The van der Waals surface area contributed by atoms with Crippen molar-refractivity contribution in [2.24, 2.45) is 29.1 Å². The van der Waals surface area contributed by atoms with Gasteiger partial charge in [0.15, 0.2) is 0 Å². The van der Waals surface area contributed by atoms with Gasteiger partial charge in [-0.1, -0.05) is 34.1 Å². The molecule has 0 heterocycles. The number of hydrogen-bond acceptors (Lipinski definition) is 0. The van der Waals surface area contributed by atoms with Crippen LogP contribution < -0.4 is 0 Å². The molecule has 0 radical (unpaired) electrons. The zero-order chi connectivity index (χ0) is 10.3. The summed E-state index contributed by atoms with van der Waals surface area (Å²) in [7, 11) is 0. The Morgan fingerprint density at radius 3 is 2.14 bits per heavy atom. The second-order valence-electron chi connectivity index (χ2n) is 6.41. The molecule has 14 heavy (non-hydrogen) atoms. The van der Waals surface area contributed by atoms with Gasteiger partial charge in [-0.25, -0.2) is 0 Å². The molecule has 0 aromatic rings. The van der Waals surface area contributed by atoms with Crippen molar-refractivity contribution in [2.45, 2.75) is 59.8 Å². The van der Waals surface area contributed by atoms with E-state index in [4.69, 9.17) is 0 Å². The summed E-state index contributed by atoms with van der Waals surface area (Å²) in [4.78, 5) is 0. The van der Waals surface area contributed by atoms with Crippen LogP contribution in [0.2, 0.25) is 0 Å². The minimum absolute atomic E-state index is 0.897. The third-order valence-corrected chi connectivity index (χ3v) is 4.70. The molecular formula is C14H26. The van der Waals surface area contributed by atoms with Crippen LogP contribution in [0.5, 0.6) is 0 Å². The lowest BCUT2D eigenvalue weighted by Crippen LogP contribution is -1.97. The van der Waals surface area contributed by atoms with E-state index in [1.54, 1.807) is 12.8 Å². The zero-order valence-electron chi connectivity index (χ0n) is 10.3. The highest BCUT2D eigenvalue weighted by Crippen LogP contribution is 2.77. The van der Waals surface area contributed by atoms with Crippen LogP contribution in [0, 0.1) is 29.1 Å². The minimum Gasteiger partial charge on any atom is -0.0651 e. The first-order valence-corrected chi connectivity index (χ1v) is 6.58. The highest BCUT2D eigenvalue weighted by Gasteiger charge is 2.68. The van der Waals surface area contributed by atoms with E-state index in [9.17, 15) is 0 Å². The van der Waals surface area contributed by atoms with E-state index in [1.165, 1.54) is 19.3 Å². The van der Waals surface area contributed by atoms with Gasteiger partial charge in [0.2, 0.25) is 0 Å². The van der Waals surface area contributed by atoms with Gasteiger partial charge < -0.3 is 0 Å².